The average Bonchev–Trinajstić information content (AvgIpc) is 2.80. The van der Waals surface area contributed by atoms with Crippen molar-refractivity contribution in [1.82, 2.24) is 4.90 Å². The second kappa shape index (κ2) is 13.0. The van der Waals surface area contributed by atoms with Gasteiger partial charge in [0.05, 0.1) is 17.4 Å². The topological polar surface area (TPSA) is 82.4 Å². The van der Waals surface area contributed by atoms with Gasteiger partial charge in [-0.2, -0.15) is 0 Å². The van der Waals surface area contributed by atoms with E-state index in [1.54, 1.807) is 19.1 Å². The van der Waals surface area contributed by atoms with Crippen LogP contribution in [0.3, 0.4) is 0 Å². The molecule has 1 aromatic rings. The molecule has 2 rings (SSSR count). The first-order valence-corrected chi connectivity index (χ1v) is 12.5. The molecule has 0 fully saturated rings. The summed E-state index contributed by atoms with van der Waals surface area (Å²) in [6, 6.07) is 4.23. The lowest BCUT2D eigenvalue weighted by molar-refractivity contribution is -0.139. The fourth-order valence-electron chi connectivity index (χ4n) is 4.05. The van der Waals surface area contributed by atoms with E-state index in [2.05, 4.69) is 32.5 Å². The maximum atomic E-state index is 13.9. The van der Waals surface area contributed by atoms with Crippen LogP contribution in [-0.4, -0.2) is 45.6 Å². The minimum atomic E-state index is -0.964. The van der Waals surface area contributed by atoms with Gasteiger partial charge >= 0.3 is 0 Å². The van der Waals surface area contributed by atoms with Crippen LogP contribution in [0.25, 0.3) is 6.08 Å². The van der Waals surface area contributed by atoms with Gasteiger partial charge in [-0.1, -0.05) is 50.7 Å². The number of carbonyl (C=O) groups excluding carboxylic acids is 1. The Balaban J connectivity index is 2.43. The van der Waals surface area contributed by atoms with Gasteiger partial charge in [0.15, 0.2) is 0 Å². The first kappa shape index (κ1) is 28.7. The number of aliphatic hydroxyl groups excluding tert-OH is 2. The smallest absolute Gasteiger partial charge is 0.257 e. The first-order chi connectivity index (χ1) is 16.4. The Hall–Kier alpha value is -2.51. The first-order valence-electron chi connectivity index (χ1n) is 12.5. The van der Waals surface area contributed by atoms with Gasteiger partial charge in [-0.05, 0) is 81.0 Å². The van der Waals surface area contributed by atoms with Crippen LogP contribution in [0.4, 0.5) is 4.39 Å². The van der Waals surface area contributed by atoms with E-state index in [9.17, 15) is 19.4 Å². The van der Waals surface area contributed by atoms with Gasteiger partial charge in [0, 0.05) is 6.54 Å². The Kier molecular flexibility index (Phi) is 10.7. The molecule has 1 amide bonds. The summed E-state index contributed by atoms with van der Waals surface area (Å²) in [5, 5.41) is 26.1. The van der Waals surface area contributed by atoms with Crippen molar-refractivity contribution in [3.05, 3.63) is 53.4 Å². The molecule has 0 saturated carbocycles. The lowest BCUT2D eigenvalue weighted by Crippen LogP contribution is -2.46. The molecule has 2 N–H and O–H groups in total. The normalized spacial score (nSPS) is 22.9. The van der Waals surface area contributed by atoms with Crippen molar-refractivity contribution in [2.75, 3.05) is 6.54 Å². The molecule has 4 atom stereocenters. The number of oxime groups is 1. The molecule has 35 heavy (non-hydrogen) atoms. The Morgan fingerprint density at radius 1 is 1.29 bits per heavy atom. The number of aliphatic hydroxyl groups is 2. The predicted octanol–water partition coefficient (Wildman–Crippen LogP) is 5.47. The highest BCUT2D eigenvalue weighted by molar-refractivity contribution is 6.20. The summed E-state index contributed by atoms with van der Waals surface area (Å²) in [5.74, 6) is -0.446. The van der Waals surface area contributed by atoms with Crippen molar-refractivity contribution in [2.24, 2.45) is 22.9 Å². The van der Waals surface area contributed by atoms with Gasteiger partial charge in [-0.3, -0.25) is 4.79 Å². The Bertz CT molecular complexity index is 941. The Morgan fingerprint density at radius 3 is 2.57 bits per heavy atom. The summed E-state index contributed by atoms with van der Waals surface area (Å²) in [4.78, 5) is 20.5. The number of allylic oxidation sites excluding steroid dienone is 1. The largest absolute Gasteiger partial charge is 0.393 e. The van der Waals surface area contributed by atoms with Gasteiger partial charge < -0.3 is 20.0 Å². The van der Waals surface area contributed by atoms with E-state index in [1.165, 1.54) is 17.0 Å². The predicted molar refractivity (Wildman–Crippen MR) is 138 cm³/mol. The second-order valence-electron chi connectivity index (χ2n) is 10.1. The van der Waals surface area contributed by atoms with Crippen LogP contribution in [-0.2, 0) is 9.63 Å². The SMILES string of the molecule is C=Cc1ccc(F)cc1C(O)CC1/C=C(/C(C)=N/OC(C)C)C(=O)N(C[C@@H](C)C(C)C)C(O)CC1. The maximum absolute atomic E-state index is 13.9. The van der Waals surface area contributed by atoms with Crippen LogP contribution >= 0.6 is 0 Å². The summed E-state index contributed by atoms with van der Waals surface area (Å²) in [6.45, 7) is 15.8. The zero-order valence-corrected chi connectivity index (χ0v) is 21.9. The maximum Gasteiger partial charge on any atom is 0.257 e. The van der Waals surface area contributed by atoms with E-state index in [0.717, 1.165) is 0 Å². The molecule has 0 radical (unpaired) electrons. The Morgan fingerprint density at radius 2 is 1.97 bits per heavy atom. The third-order valence-electron chi connectivity index (χ3n) is 6.62. The number of rotatable bonds is 10. The zero-order chi connectivity index (χ0) is 26.3. The molecule has 194 valence electrons. The lowest BCUT2D eigenvalue weighted by Gasteiger charge is -2.35. The second-order valence-corrected chi connectivity index (χ2v) is 10.1. The van der Waals surface area contributed by atoms with Crippen LogP contribution < -0.4 is 0 Å². The van der Waals surface area contributed by atoms with Crippen molar-refractivity contribution in [2.45, 2.75) is 79.2 Å². The Labute approximate surface area is 209 Å². The van der Waals surface area contributed by atoms with E-state index in [1.807, 2.05) is 19.9 Å². The molecule has 0 aliphatic carbocycles. The summed E-state index contributed by atoms with van der Waals surface area (Å²) in [6.07, 6.45) is 2.50. The molecule has 1 heterocycles. The third kappa shape index (κ3) is 8.00. The van der Waals surface area contributed by atoms with Crippen LogP contribution in [0, 0.1) is 23.6 Å². The molecule has 1 aromatic carbocycles. The summed E-state index contributed by atoms with van der Waals surface area (Å²) < 4.78 is 13.9. The average molecular weight is 489 g/mol. The molecule has 3 unspecified atom stereocenters. The van der Waals surface area contributed by atoms with Crippen molar-refractivity contribution in [1.29, 1.82) is 0 Å². The molecule has 7 heteroatoms. The van der Waals surface area contributed by atoms with Gasteiger partial charge in [-0.15, -0.1) is 0 Å². The van der Waals surface area contributed by atoms with Gasteiger partial charge in [-0.25, -0.2) is 4.39 Å². The van der Waals surface area contributed by atoms with E-state index < -0.39 is 18.1 Å². The quantitative estimate of drug-likeness (QED) is 0.338. The van der Waals surface area contributed by atoms with E-state index in [-0.39, 0.29) is 30.3 Å². The number of carbonyl (C=O) groups is 1. The van der Waals surface area contributed by atoms with Crippen molar-refractivity contribution < 1.29 is 24.2 Å². The number of amides is 1. The third-order valence-corrected chi connectivity index (χ3v) is 6.62. The summed E-state index contributed by atoms with van der Waals surface area (Å²) in [5.41, 5.74) is 1.87. The molecule has 0 spiro atoms. The fourth-order valence-corrected chi connectivity index (χ4v) is 4.05. The van der Waals surface area contributed by atoms with E-state index in [0.29, 0.717) is 47.7 Å². The monoisotopic (exact) mass is 488 g/mol. The van der Waals surface area contributed by atoms with Crippen LogP contribution in [0.2, 0.25) is 0 Å². The number of halogens is 1. The van der Waals surface area contributed by atoms with E-state index >= 15 is 0 Å². The highest BCUT2D eigenvalue weighted by atomic mass is 19.1. The number of nitrogens with zero attached hydrogens (tertiary/aromatic N) is 2. The molecule has 1 aliphatic rings. The van der Waals surface area contributed by atoms with Crippen LogP contribution in [0.1, 0.15) is 78.0 Å². The molecular formula is C28H41FN2O4. The van der Waals surface area contributed by atoms with Gasteiger partial charge in [0.1, 0.15) is 18.1 Å². The number of benzene rings is 1. The highest BCUT2D eigenvalue weighted by Crippen LogP contribution is 2.32. The van der Waals surface area contributed by atoms with Crippen LogP contribution in [0.5, 0.6) is 0 Å². The molecule has 1 aliphatic heterocycles. The molecule has 6 nitrogen and oxygen atoms in total. The summed E-state index contributed by atoms with van der Waals surface area (Å²) in [7, 11) is 0. The van der Waals surface area contributed by atoms with Crippen LogP contribution in [0.15, 0.2) is 41.6 Å². The lowest BCUT2D eigenvalue weighted by atomic mass is 9.87. The minimum absolute atomic E-state index is 0.153. The standard InChI is InChI=1S/C28H41FN2O4/c1-8-22-10-11-23(29)15-25(22)26(32)14-21-9-12-27(33)31(16-19(6)17(2)3)28(34)24(13-21)20(7)30-35-18(4)5/h8,10-11,13,15,17-19,21,26-27,32-33H,1,9,12,14,16H2,2-7H3/b24-13-,30-20+/t19-,21?,26?,27?/m1/s1. The minimum Gasteiger partial charge on any atom is -0.393 e. The number of hydrogen-bond acceptors (Lipinski definition) is 5. The fraction of sp³-hybridized carbons (Fsp3) is 0.571. The molecule has 0 bridgehead atoms. The van der Waals surface area contributed by atoms with E-state index in [4.69, 9.17) is 4.84 Å². The number of hydrogen-bond donors (Lipinski definition) is 2. The zero-order valence-electron chi connectivity index (χ0n) is 21.9. The molecule has 0 aromatic heterocycles. The molecule has 0 saturated heterocycles. The molecular weight excluding hydrogens is 447 g/mol. The van der Waals surface area contributed by atoms with Gasteiger partial charge in [0.25, 0.3) is 5.91 Å². The highest BCUT2D eigenvalue weighted by Gasteiger charge is 2.32. The van der Waals surface area contributed by atoms with Gasteiger partial charge in [0.2, 0.25) is 0 Å². The van der Waals surface area contributed by atoms with Crippen molar-refractivity contribution >= 4 is 17.7 Å². The van der Waals surface area contributed by atoms with Crippen molar-refractivity contribution in [3.63, 3.8) is 0 Å². The van der Waals surface area contributed by atoms with Crippen molar-refractivity contribution in [3.8, 4) is 0 Å². The summed E-state index contributed by atoms with van der Waals surface area (Å²) >= 11 is 0.